The van der Waals surface area contributed by atoms with E-state index >= 15 is 0 Å². The van der Waals surface area contributed by atoms with Gasteiger partial charge in [-0.15, -0.1) is 0 Å². The van der Waals surface area contributed by atoms with Crippen LogP contribution in [-0.4, -0.2) is 47.9 Å². The first kappa shape index (κ1) is 19.2. The second-order valence-corrected chi connectivity index (χ2v) is 7.32. The number of hydrogen-bond acceptors (Lipinski definition) is 3. The summed E-state index contributed by atoms with van der Waals surface area (Å²) < 4.78 is 0. The van der Waals surface area contributed by atoms with Gasteiger partial charge in [0.25, 0.3) is 0 Å². The highest BCUT2D eigenvalue weighted by Crippen LogP contribution is 2.17. The standard InChI is InChI=1S/C20H28N4O3/c25-18(13-21-20(27)22-16-9-5-2-6-10-16)23-17-11-12-24(19(17)26)14-15-7-3-1-4-8-15/h1,3-4,7-8,16-17H,2,5-6,9-14H2,(H,23,25)(H2,21,22,27)/t17-/m1/s1. The molecule has 0 unspecified atom stereocenters. The fraction of sp³-hybridized carbons (Fsp3) is 0.550. The Morgan fingerprint density at radius 2 is 1.74 bits per heavy atom. The number of nitrogens with zero attached hydrogens (tertiary/aromatic N) is 1. The maximum Gasteiger partial charge on any atom is 0.315 e. The van der Waals surface area contributed by atoms with E-state index in [1.165, 1.54) is 6.42 Å². The third-order valence-corrected chi connectivity index (χ3v) is 5.20. The number of hydrogen-bond donors (Lipinski definition) is 3. The molecule has 1 atom stereocenters. The number of carbonyl (C=O) groups excluding carboxylic acids is 3. The fourth-order valence-corrected chi connectivity index (χ4v) is 3.72. The van der Waals surface area contributed by atoms with Crippen molar-refractivity contribution in [2.75, 3.05) is 13.1 Å². The summed E-state index contributed by atoms with van der Waals surface area (Å²) in [6.45, 7) is 1.05. The maximum atomic E-state index is 12.5. The number of nitrogens with one attached hydrogen (secondary N) is 3. The van der Waals surface area contributed by atoms with Gasteiger partial charge in [-0.1, -0.05) is 49.6 Å². The van der Waals surface area contributed by atoms with E-state index in [4.69, 9.17) is 0 Å². The van der Waals surface area contributed by atoms with Crippen LogP contribution in [0.3, 0.4) is 0 Å². The average molecular weight is 372 g/mol. The zero-order valence-electron chi connectivity index (χ0n) is 15.6. The molecule has 1 aliphatic heterocycles. The molecule has 0 aromatic heterocycles. The van der Waals surface area contributed by atoms with E-state index in [0.717, 1.165) is 31.2 Å². The molecule has 146 valence electrons. The van der Waals surface area contributed by atoms with Gasteiger partial charge in [0.2, 0.25) is 11.8 Å². The molecule has 3 rings (SSSR count). The summed E-state index contributed by atoms with van der Waals surface area (Å²) in [4.78, 5) is 38.2. The molecule has 4 amide bonds. The van der Waals surface area contributed by atoms with Crippen molar-refractivity contribution in [3.8, 4) is 0 Å². The van der Waals surface area contributed by atoms with Crippen LogP contribution in [0.2, 0.25) is 0 Å². The first-order valence-corrected chi connectivity index (χ1v) is 9.78. The Morgan fingerprint density at radius 1 is 1.00 bits per heavy atom. The van der Waals surface area contributed by atoms with Gasteiger partial charge >= 0.3 is 6.03 Å². The molecule has 0 bridgehead atoms. The molecule has 27 heavy (non-hydrogen) atoms. The summed E-state index contributed by atoms with van der Waals surface area (Å²) >= 11 is 0. The quantitative estimate of drug-likeness (QED) is 0.707. The highest BCUT2D eigenvalue weighted by atomic mass is 16.2. The number of rotatable bonds is 6. The van der Waals surface area contributed by atoms with E-state index in [1.807, 2.05) is 30.3 Å². The van der Waals surface area contributed by atoms with Gasteiger partial charge in [-0.3, -0.25) is 9.59 Å². The lowest BCUT2D eigenvalue weighted by Crippen LogP contribution is -2.49. The first-order chi connectivity index (χ1) is 13.1. The molecule has 0 spiro atoms. The van der Waals surface area contributed by atoms with Crippen LogP contribution in [0.4, 0.5) is 4.79 Å². The van der Waals surface area contributed by atoms with E-state index < -0.39 is 6.04 Å². The highest BCUT2D eigenvalue weighted by Gasteiger charge is 2.32. The molecule has 1 saturated heterocycles. The third kappa shape index (κ3) is 5.70. The minimum absolute atomic E-state index is 0.0705. The summed E-state index contributed by atoms with van der Waals surface area (Å²) in [7, 11) is 0. The molecule has 1 saturated carbocycles. The van der Waals surface area contributed by atoms with E-state index in [1.54, 1.807) is 4.90 Å². The summed E-state index contributed by atoms with van der Waals surface area (Å²) in [5.41, 5.74) is 1.07. The number of benzene rings is 1. The van der Waals surface area contributed by atoms with Gasteiger partial charge in [0.05, 0.1) is 6.54 Å². The molecule has 1 aromatic carbocycles. The molecule has 3 N–H and O–H groups in total. The van der Waals surface area contributed by atoms with Crippen molar-refractivity contribution in [3.05, 3.63) is 35.9 Å². The molecular formula is C20H28N4O3. The molecule has 0 radical (unpaired) electrons. The van der Waals surface area contributed by atoms with Crippen molar-refractivity contribution in [2.24, 2.45) is 0 Å². The number of urea groups is 1. The summed E-state index contributed by atoms with van der Waals surface area (Å²) in [6.07, 6.45) is 6.06. The molecular weight excluding hydrogens is 344 g/mol. The summed E-state index contributed by atoms with van der Waals surface area (Å²) in [5.74, 6) is -0.410. The Balaban J connectivity index is 1.37. The second-order valence-electron chi connectivity index (χ2n) is 7.32. The van der Waals surface area contributed by atoms with Crippen LogP contribution >= 0.6 is 0 Å². The van der Waals surface area contributed by atoms with Crippen molar-refractivity contribution >= 4 is 17.8 Å². The van der Waals surface area contributed by atoms with Gasteiger partial charge < -0.3 is 20.9 Å². The summed E-state index contributed by atoms with van der Waals surface area (Å²) in [5, 5.41) is 8.22. The average Bonchev–Trinajstić information content (AvgIpc) is 3.01. The van der Waals surface area contributed by atoms with E-state index in [2.05, 4.69) is 16.0 Å². The minimum Gasteiger partial charge on any atom is -0.343 e. The maximum absolute atomic E-state index is 12.5. The minimum atomic E-state index is -0.510. The Hall–Kier alpha value is -2.57. The largest absolute Gasteiger partial charge is 0.343 e. The van der Waals surface area contributed by atoms with Crippen molar-refractivity contribution in [3.63, 3.8) is 0 Å². The zero-order valence-corrected chi connectivity index (χ0v) is 15.6. The topological polar surface area (TPSA) is 90.5 Å². The lowest BCUT2D eigenvalue weighted by atomic mass is 9.96. The molecule has 2 aliphatic rings. The second kappa shape index (κ2) is 9.39. The number of likely N-dealkylation sites (tertiary alicyclic amines) is 1. The van der Waals surface area contributed by atoms with E-state index in [9.17, 15) is 14.4 Å². The van der Waals surface area contributed by atoms with Crippen LogP contribution in [0.15, 0.2) is 30.3 Å². The van der Waals surface area contributed by atoms with Crippen molar-refractivity contribution in [1.82, 2.24) is 20.9 Å². The van der Waals surface area contributed by atoms with Crippen LogP contribution in [0.5, 0.6) is 0 Å². The Bertz CT molecular complexity index is 658. The van der Waals surface area contributed by atoms with Gasteiger partial charge in [0, 0.05) is 19.1 Å². The first-order valence-electron chi connectivity index (χ1n) is 9.78. The van der Waals surface area contributed by atoms with Crippen LogP contribution in [0.1, 0.15) is 44.1 Å². The molecule has 1 heterocycles. The predicted octanol–water partition coefficient (Wildman–Crippen LogP) is 1.54. The Morgan fingerprint density at radius 3 is 2.48 bits per heavy atom. The molecule has 1 aromatic rings. The van der Waals surface area contributed by atoms with Crippen LogP contribution < -0.4 is 16.0 Å². The molecule has 1 aliphatic carbocycles. The monoisotopic (exact) mass is 372 g/mol. The highest BCUT2D eigenvalue weighted by molar-refractivity contribution is 5.91. The van der Waals surface area contributed by atoms with Crippen LogP contribution in [-0.2, 0) is 16.1 Å². The fourth-order valence-electron chi connectivity index (χ4n) is 3.72. The number of amides is 4. The van der Waals surface area contributed by atoms with Gasteiger partial charge in [-0.25, -0.2) is 4.79 Å². The predicted molar refractivity (Wildman–Crippen MR) is 102 cm³/mol. The van der Waals surface area contributed by atoms with Crippen molar-refractivity contribution < 1.29 is 14.4 Å². The van der Waals surface area contributed by atoms with Gasteiger partial charge in [0.1, 0.15) is 6.04 Å². The molecule has 2 fully saturated rings. The summed E-state index contributed by atoms with van der Waals surface area (Å²) in [6, 6.07) is 9.16. The Labute approximate surface area is 159 Å². The van der Waals surface area contributed by atoms with Gasteiger partial charge in [-0.2, -0.15) is 0 Å². The molecule has 7 nitrogen and oxygen atoms in total. The SMILES string of the molecule is O=C(CNC(=O)NC1CCCCC1)N[C@@H]1CCN(Cc2ccccc2)C1=O. The lowest BCUT2D eigenvalue weighted by Gasteiger charge is -2.22. The van der Waals surface area contributed by atoms with Crippen LogP contribution in [0.25, 0.3) is 0 Å². The van der Waals surface area contributed by atoms with E-state index in [-0.39, 0.29) is 30.4 Å². The van der Waals surface area contributed by atoms with Crippen molar-refractivity contribution in [1.29, 1.82) is 0 Å². The molecule has 7 heteroatoms. The normalized spacial score (nSPS) is 20.4. The van der Waals surface area contributed by atoms with Crippen molar-refractivity contribution in [2.45, 2.75) is 57.2 Å². The smallest absolute Gasteiger partial charge is 0.315 e. The zero-order chi connectivity index (χ0) is 19.1. The third-order valence-electron chi connectivity index (χ3n) is 5.20. The number of carbonyl (C=O) groups is 3. The Kier molecular flexibility index (Phi) is 6.68. The lowest BCUT2D eigenvalue weighted by molar-refractivity contribution is -0.132. The van der Waals surface area contributed by atoms with Gasteiger partial charge in [0.15, 0.2) is 0 Å². The van der Waals surface area contributed by atoms with Gasteiger partial charge in [-0.05, 0) is 24.8 Å². The van der Waals surface area contributed by atoms with E-state index in [0.29, 0.717) is 19.5 Å². The van der Waals surface area contributed by atoms with Crippen LogP contribution in [0, 0.1) is 0 Å².